The summed E-state index contributed by atoms with van der Waals surface area (Å²) in [6.07, 6.45) is 2.34. The van der Waals surface area contributed by atoms with Gasteiger partial charge in [-0.1, -0.05) is 6.07 Å². The third-order valence-corrected chi connectivity index (χ3v) is 6.09. The second-order valence-electron chi connectivity index (χ2n) is 8.32. The van der Waals surface area contributed by atoms with Crippen LogP contribution in [0, 0.1) is 17.5 Å². The molecular formula is C22H22F3N7O2. The smallest absolute Gasteiger partial charge is 0.322 e. The van der Waals surface area contributed by atoms with E-state index in [1.807, 2.05) is 25.1 Å². The Kier molecular flexibility index (Phi) is 5.62. The minimum Gasteiger partial charge on any atom is -0.361 e. The van der Waals surface area contributed by atoms with Gasteiger partial charge >= 0.3 is 6.03 Å². The Morgan fingerprint density at radius 1 is 1.21 bits per heavy atom. The summed E-state index contributed by atoms with van der Waals surface area (Å²) in [6.45, 7) is 2.79. The summed E-state index contributed by atoms with van der Waals surface area (Å²) in [4.78, 5) is 20.5. The fraction of sp³-hybridized carbons (Fsp3) is 0.318. The number of nitrogens with zero attached hydrogens (tertiary/aromatic N) is 5. The maximum absolute atomic E-state index is 13.6. The summed E-state index contributed by atoms with van der Waals surface area (Å²) in [7, 11) is 0. The quantitative estimate of drug-likeness (QED) is 0.506. The average Bonchev–Trinajstić information content (AvgIpc) is 3.40. The van der Waals surface area contributed by atoms with Gasteiger partial charge in [-0.15, -0.1) is 0 Å². The molecule has 0 saturated carbocycles. The zero-order chi connectivity index (χ0) is 24.0. The van der Waals surface area contributed by atoms with Crippen molar-refractivity contribution in [3.05, 3.63) is 71.6 Å². The van der Waals surface area contributed by atoms with E-state index in [1.165, 1.54) is 4.90 Å². The molecule has 1 fully saturated rings. The Balaban J connectivity index is 1.35. The lowest BCUT2D eigenvalue weighted by Crippen LogP contribution is -2.47. The van der Waals surface area contributed by atoms with Gasteiger partial charge in [-0.3, -0.25) is 15.0 Å². The molecule has 4 heterocycles. The number of rotatable bonds is 3. The van der Waals surface area contributed by atoms with Crippen molar-refractivity contribution < 1.29 is 23.1 Å². The normalized spacial score (nSPS) is 22.1. The molecule has 3 aromatic rings. The van der Waals surface area contributed by atoms with Gasteiger partial charge in [0.15, 0.2) is 23.8 Å². The highest BCUT2D eigenvalue weighted by molar-refractivity contribution is 5.89. The molecule has 1 saturated heterocycles. The summed E-state index contributed by atoms with van der Waals surface area (Å²) in [5, 5.41) is 20.6. The molecule has 3 N–H and O–H groups in total. The van der Waals surface area contributed by atoms with Crippen molar-refractivity contribution in [1.82, 2.24) is 25.0 Å². The molecule has 1 aromatic carbocycles. The minimum absolute atomic E-state index is 0.145. The van der Waals surface area contributed by atoms with E-state index in [-0.39, 0.29) is 24.3 Å². The number of carbonyl (C=O) groups is 1. The van der Waals surface area contributed by atoms with Crippen LogP contribution < -0.4 is 15.5 Å². The van der Waals surface area contributed by atoms with Crippen molar-refractivity contribution in [2.24, 2.45) is 0 Å². The number of benzene rings is 1. The number of hydrogen-bond acceptors (Lipinski definition) is 6. The summed E-state index contributed by atoms with van der Waals surface area (Å²) < 4.78 is 42.1. The highest BCUT2D eigenvalue weighted by Crippen LogP contribution is 2.32. The monoisotopic (exact) mass is 473 g/mol. The van der Waals surface area contributed by atoms with E-state index in [0.717, 1.165) is 17.8 Å². The lowest BCUT2D eigenvalue weighted by Gasteiger charge is -2.35. The second-order valence-corrected chi connectivity index (χ2v) is 8.32. The van der Waals surface area contributed by atoms with Crippen molar-refractivity contribution in [2.45, 2.75) is 38.4 Å². The van der Waals surface area contributed by atoms with E-state index in [9.17, 15) is 23.1 Å². The number of hydrogen-bond donors (Lipinski definition) is 3. The third-order valence-electron chi connectivity index (χ3n) is 6.09. The van der Waals surface area contributed by atoms with Gasteiger partial charge in [0, 0.05) is 30.6 Å². The van der Waals surface area contributed by atoms with Crippen LogP contribution in [0.15, 0.2) is 42.7 Å². The van der Waals surface area contributed by atoms with Gasteiger partial charge in [0.2, 0.25) is 0 Å². The summed E-state index contributed by atoms with van der Waals surface area (Å²) in [6, 6.07) is 5.94. The molecule has 2 aliphatic heterocycles. The van der Waals surface area contributed by atoms with Gasteiger partial charge in [-0.05, 0) is 19.1 Å². The molecule has 0 radical (unpaired) electrons. The highest BCUT2D eigenvalue weighted by atomic mass is 19.2. The van der Waals surface area contributed by atoms with Gasteiger partial charge in [0.05, 0.1) is 48.4 Å². The van der Waals surface area contributed by atoms with Gasteiger partial charge in [-0.25, -0.2) is 18.0 Å². The van der Waals surface area contributed by atoms with E-state index < -0.39 is 29.8 Å². The number of aliphatic hydroxyl groups is 1. The van der Waals surface area contributed by atoms with E-state index in [1.54, 1.807) is 22.0 Å². The van der Waals surface area contributed by atoms with Crippen LogP contribution in [-0.2, 0) is 13.1 Å². The molecule has 178 valence electrons. The predicted octanol–water partition coefficient (Wildman–Crippen LogP) is 2.56. The molecule has 0 spiro atoms. The summed E-state index contributed by atoms with van der Waals surface area (Å²) in [5.74, 6) is -4.37. The minimum atomic E-state index is -1.60. The molecule has 34 heavy (non-hydrogen) atoms. The average molecular weight is 473 g/mol. The lowest BCUT2D eigenvalue weighted by molar-refractivity contribution is 0.153. The number of nitrogens with one attached hydrogen (secondary N) is 2. The zero-order valence-electron chi connectivity index (χ0n) is 18.1. The number of aliphatic hydroxyl groups excluding tert-OH is 1. The van der Waals surface area contributed by atoms with Crippen LogP contribution in [0.1, 0.15) is 24.4 Å². The van der Waals surface area contributed by atoms with E-state index in [2.05, 4.69) is 20.7 Å². The SMILES string of the molecule is C[C@H]1Cn2ncc(N3CC(c4ccccn4)NC3O)c2CN1C(=O)Nc1cc(F)c(F)c(F)c1. The molecule has 2 aliphatic rings. The zero-order valence-corrected chi connectivity index (χ0v) is 18.1. The Hall–Kier alpha value is -3.64. The van der Waals surface area contributed by atoms with Crippen LogP contribution in [0.2, 0.25) is 0 Å². The maximum atomic E-state index is 13.6. The second kappa shape index (κ2) is 8.61. The van der Waals surface area contributed by atoms with Gasteiger partial charge in [-0.2, -0.15) is 5.10 Å². The molecule has 2 unspecified atom stereocenters. The maximum Gasteiger partial charge on any atom is 0.322 e. The molecule has 5 rings (SSSR count). The third kappa shape index (κ3) is 3.94. The molecule has 0 bridgehead atoms. The lowest BCUT2D eigenvalue weighted by atomic mass is 10.1. The van der Waals surface area contributed by atoms with Gasteiger partial charge < -0.3 is 20.2 Å². The Bertz CT molecular complexity index is 1200. The first-order chi connectivity index (χ1) is 16.3. The number of amides is 2. The molecule has 2 aromatic heterocycles. The predicted molar refractivity (Wildman–Crippen MR) is 116 cm³/mol. The molecule has 9 nitrogen and oxygen atoms in total. The number of carbonyl (C=O) groups excluding carboxylic acids is 1. The number of urea groups is 1. The van der Waals surface area contributed by atoms with Crippen LogP contribution in [0.4, 0.5) is 29.3 Å². The Morgan fingerprint density at radius 3 is 2.68 bits per heavy atom. The Labute approximate surface area is 192 Å². The standard InChI is InChI=1S/C22H22F3N7O2/c1-12-9-32-19(11-30(12)21(33)28-13-6-14(23)20(25)15(24)7-13)18(8-27-32)31-10-17(29-22(31)34)16-4-2-3-5-26-16/h2-8,12,17,22,29,34H,9-11H2,1H3,(H,28,33)/t12-,17?,22?/m0/s1. The molecule has 0 aliphatic carbocycles. The van der Waals surface area contributed by atoms with E-state index >= 15 is 0 Å². The largest absolute Gasteiger partial charge is 0.361 e. The van der Waals surface area contributed by atoms with Gasteiger partial charge in [0.25, 0.3) is 0 Å². The Morgan fingerprint density at radius 2 is 1.97 bits per heavy atom. The molecule has 2 amide bonds. The summed E-state index contributed by atoms with van der Waals surface area (Å²) in [5.41, 5.74) is 1.96. The van der Waals surface area contributed by atoms with Crippen molar-refractivity contribution in [2.75, 3.05) is 16.8 Å². The van der Waals surface area contributed by atoms with E-state index in [4.69, 9.17) is 0 Å². The van der Waals surface area contributed by atoms with E-state index in [0.29, 0.717) is 24.5 Å². The first-order valence-corrected chi connectivity index (χ1v) is 10.7. The van der Waals surface area contributed by atoms with Crippen LogP contribution in [0.5, 0.6) is 0 Å². The number of halogens is 3. The molecule has 3 atom stereocenters. The van der Waals surface area contributed by atoms with Crippen molar-refractivity contribution in [1.29, 1.82) is 0 Å². The topological polar surface area (TPSA) is 98.6 Å². The fourth-order valence-electron chi connectivity index (χ4n) is 4.33. The first-order valence-electron chi connectivity index (χ1n) is 10.7. The fourth-order valence-corrected chi connectivity index (χ4v) is 4.33. The summed E-state index contributed by atoms with van der Waals surface area (Å²) >= 11 is 0. The highest BCUT2D eigenvalue weighted by Gasteiger charge is 2.37. The van der Waals surface area contributed by atoms with Crippen molar-refractivity contribution >= 4 is 17.4 Å². The van der Waals surface area contributed by atoms with Crippen LogP contribution in [0.25, 0.3) is 0 Å². The van der Waals surface area contributed by atoms with Crippen molar-refractivity contribution in [3.8, 4) is 0 Å². The number of pyridine rings is 1. The number of aromatic nitrogens is 3. The van der Waals surface area contributed by atoms with Crippen LogP contribution in [-0.4, -0.2) is 49.7 Å². The molecular weight excluding hydrogens is 451 g/mol. The number of anilines is 2. The molecule has 12 heteroatoms. The first kappa shape index (κ1) is 22.2. The van der Waals surface area contributed by atoms with Gasteiger partial charge in [0.1, 0.15) is 0 Å². The van der Waals surface area contributed by atoms with Crippen molar-refractivity contribution in [3.63, 3.8) is 0 Å². The van der Waals surface area contributed by atoms with Crippen LogP contribution >= 0.6 is 0 Å². The number of fused-ring (bicyclic) bond motifs is 1. The van der Waals surface area contributed by atoms with Crippen LogP contribution in [0.3, 0.4) is 0 Å².